The summed E-state index contributed by atoms with van der Waals surface area (Å²) in [5.41, 5.74) is 0.869. The first-order chi connectivity index (χ1) is 15.4. The fraction of sp³-hybridized carbons (Fsp3) is 0.409. The number of nitrogens with one attached hydrogen (secondary N) is 2. The van der Waals surface area contributed by atoms with Gasteiger partial charge in [0, 0.05) is 20.2 Å². The number of methoxy groups -OCH3 is 1. The first-order valence-electron chi connectivity index (χ1n) is 10.3. The van der Waals surface area contributed by atoms with Gasteiger partial charge in [0.25, 0.3) is 0 Å². The molecule has 2 heterocycles. The predicted octanol–water partition coefficient (Wildman–Crippen LogP) is -0.283. The summed E-state index contributed by atoms with van der Waals surface area (Å²) in [7, 11) is 1.34. The van der Waals surface area contributed by atoms with Crippen LogP contribution in [0.1, 0.15) is 5.56 Å². The Kier molecular flexibility index (Phi) is 6.38. The molecule has 0 aromatic heterocycles. The molecule has 10 heteroatoms. The lowest BCUT2D eigenvalue weighted by atomic mass is 10.0. The highest BCUT2D eigenvalue weighted by Crippen LogP contribution is 2.28. The first kappa shape index (κ1) is 22.2. The Labute approximate surface area is 184 Å². The van der Waals surface area contributed by atoms with Gasteiger partial charge in [0.05, 0.1) is 6.61 Å². The van der Waals surface area contributed by atoms with Gasteiger partial charge in [0.1, 0.15) is 24.2 Å². The molecule has 4 rings (SSSR count). The van der Waals surface area contributed by atoms with E-state index in [0.717, 1.165) is 21.2 Å². The topological polar surface area (TPSA) is 137 Å². The summed E-state index contributed by atoms with van der Waals surface area (Å²) in [6, 6.07) is 12.9. The minimum Gasteiger partial charge on any atom is -0.394 e. The zero-order valence-corrected chi connectivity index (χ0v) is 17.4. The molecular formula is C22H25N3O7. The summed E-state index contributed by atoms with van der Waals surface area (Å²) in [4.78, 5) is 38.7. The molecule has 0 saturated carbocycles. The van der Waals surface area contributed by atoms with E-state index in [0.29, 0.717) is 0 Å². The van der Waals surface area contributed by atoms with Crippen molar-refractivity contribution in [3.63, 3.8) is 0 Å². The number of imide groups is 1. The van der Waals surface area contributed by atoms with Crippen molar-refractivity contribution >= 4 is 28.6 Å². The lowest BCUT2D eigenvalue weighted by molar-refractivity contribution is -0.141. The van der Waals surface area contributed by atoms with E-state index >= 15 is 0 Å². The molecule has 0 radical (unpaired) electrons. The van der Waals surface area contributed by atoms with Crippen molar-refractivity contribution in [2.75, 3.05) is 20.3 Å². The number of urea groups is 1. The van der Waals surface area contributed by atoms with E-state index in [1.165, 1.54) is 7.11 Å². The molecule has 10 nitrogen and oxygen atoms in total. The number of aliphatic hydroxyl groups is 2. The molecule has 0 aliphatic carbocycles. The Hall–Kier alpha value is -3.05. The summed E-state index contributed by atoms with van der Waals surface area (Å²) >= 11 is 0. The van der Waals surface area contributed by atoms with E-state index in [4.69, 9.17) is 9.47 Å². The number of aliphatic hydroxyl groups excluding tert-OH is 2. The molecule has 32 heavy (non-hydrogen) atoms. The van der Waals surface area contributed by atoms with E-state index in [1.807, 2.05) is 42.5 Å². The smallest absolute Gasteiger partial charge is 0.326 e. The fourth-order valence-electron chi connectivity index (χ4n) is 4.08. The minimum absolute atomic E-state index is 0.216. The van der Waals surface area contributed by atoms with E-state index in [-0.39, 0.29) is 13.1 Å². The number of rotatable bonds is 6. The second-order valence-corrected chi connectivity index (χ2v) is 7.84. The number of carbonyl (C=O) groups is 3. The number of fused-ring (bicyclic) bond motifs is 1. The van der Waals surface area contributed by atoms with Crippen molar-refractivity contribution in [1.82, 2.24) is 15.5 Å². The molecule has 170 valence electrons. The minimum atomic E-state index is -1.17. The largest absolute Gasteiger partial charge is 0.394 e. The second-order valence-electron chi connectivity index (χ2n) is 7.84. The standard InChI is InChI=1S/C22H25N3O7/c1-31-18-17(27)16(11-26)32-21(18)25-10-15(20(29)24-22(25)30)19(28)23-9-12-6-7-13-4-2-3-5-14(13)8-12/h2-8,15-18,21,26-27H,9-11H2,1H3,(H,23,28)(H,24,29,30)/t15?,16-,17-,18-,21-/m1/s1. The average molecular weight is 443 g/mol. The van der Waals surface area contributed by atoms with Crippen LogP contribution in [0.15, 0.2) is 42.5 Å². The summed E-state index contributed by atoms with van der Waals surface area (Å²) in [6.07, 6.45) is -4.11. The Bertz CT molecular complexity index is 1030. The summed E-state index contributed by atoms with van der Waals surface area (Å²) in [5.74, 6) is -2.42. The van der Waals surface area contributed by atoms with Crippen molar-refractivity contribution in [3.05, 3.63) is 48.0 Å². The number of benzene rings is 2. The van der Waals surface area contributed by atoms with Crippen LogP contribution < -0.4 is 10.6 Å². The highest BCUT2D eigenvalue weighted by molar-refractivity contribution is 6.08. The van der Waals surface area contributed by atoms with Gasteiger partial charge in [-0.05, 0) is 22.4 Å². The van der Waals surface area contributed by atoms with Crippen LogP contribution in [0.4, 0.5) is 4.79 Å². The Morgan fingerprint density at radius 2 is 2.00 bits per heavy atom. The van der Waals surface area contributed by atoms with Gasteiger partial charge < -0.3 is 25.0 Å². The first-order valence-corrected chi connectivity index (χ1v) is 10.3. The van der Waals surface area contributed by atoms with Gasteiger partial charge in [-0.1, -0.05) is 36.4 Å². The van der Waals surface area contributed by atoms with Gasteiger partial charge in [0.15, 0.2) is 6.23 Å². The van der Waals surface area contributed by atoms with Crippen molar-refractivity contribution in [1.29, 1.82) is 0 Å². The third kappa shape index (κ3) is 4.17. The Balaban J connectivity index is 1.44. The Morgan fingerprint density at radius 3 is 2.72 bits per heavy atom. The van der Waals surface area contributed by atoms with Gasteiger partial charge in [-0.15, -0.1) is 0 Å². The van der Waals surface area contributed by atoms with Gasteiger partial charge in [-0.2, -0.15) is 0 Å². The lowest BCUT2D eigenvalue weighted by Gasteiger charge is -2.36. The monoisotopic (exact) mass is 443 g/mol. The van der Waals surface area contributed by atoms with Crippen LogP contribution >= 0.6 is 0 Å². The van der Waals surface area contributed by atoms with Gasteiger partial charge in [0.2, 0.25) is 11.8 Å². The zero-order valence-electron chi connectivity index (χ0n) is 17.4. The quantitative estimate of drug-likeness (QED) is 0.451. The van der Waals surface area contributed by atoms with E-state index in [2.05, 4.69) is 10.6 Å². The maximum Gasteiger partial charge on any atom is 0.326 e. The molecule has 2 aromatic rings. The van der Waals surface area contributed by atoms with E-state index in [1.54, 1.807) is 0 Å². The van der Waals surface area contributed by atoms with Crippen LogP contribution in [0.2, 0.25) is 0 Å². The maximum absolute atomic E-state index is 12.8. The number of nitrogens with zero attached hydrogens (tertiary/aromatic N) is 1. The summed E-state index contributed by atoms with van der Waals surface area (Å²) in [5, 5.41) is 26.6. The number of hydrogen-bond acceptors (Lipinski definition) is 7. The molecule has 2 aromatic carbocycles. The van der Waals surface area contributed by atoms with Gasteiger partial charge in [-0.25, -0.2) is 4.79 Å². The SMILES string of the molecule is CO[C@@H]1[C@H](O)[C@@H](CO)O[C@H]1N1CC(C(=O)NCc2ccc3ccccc3c2)C(=O)NC1=O. The molecule has 2 fully saturated rings. The van der Waals surface area contributed by atoms with Crippen molar-refractivity contribution in [2.45, 2.75) is 31.1 Å². The third-order valence-corrected chi connectivity index (χ3v) is 5.86. The van der Waals surface area contributed by atoms with Gasteiger partial charge in [-0.3, -0.25) is 19.8 Å². The highest BCUT2D eigenvalue weighted by atomic mass is 16.6. The third-order valence-electron chi connectivity index (χ3n) is 5.86. The molecule has 2 aliphatic heterocycles. The normalized spacial score (nSPS) is 28.1. The zero-order chi connectivity index (χ0) is 22.8. The van der Waals surface area contributed by atoms with Crippen molar-refractivity contribution in [3.8, 4) is 0 Å². The second kappa shape index (κ2) is 9.21. The average Bonchev–Trinajstić information content (AvgIpc) is 3.12. The van der Waals surface area contributed by atoms with E-state index in [9.17, 15) is 24.6 Å². The highest BCUT2D eigenvalue weighted by Gasteiger charge is 2.50. The van der Waals surface area contributed by atoms with Crippen molar-refractivity contribution < 1.29 is 34.1 Å². The van der Waals surface area contributed by atoms with Crippen LogP contribution in [-0.2, 0) is 25.6 Å². The summed E-state index contributed by atoms with van der Waals surface area (Å²) in [6.45, 7) is -0.501. The Morgan fingerprint density at radius 1 is 1.25 bits per heavy atom. The maximum atomic E-state index is 12.8. The van der Waals surface area contributed by atoms with Crippen molar-refractivity contribution in [2.24, 2.45) is 5.92 Å². The number of amides is 4. The van der Waals surface area contributed by atoms with E-state index < -0.39 is 54.9 Å². The molecule has 2 saturated heterocycles. The van der Waals surface area contributed by atoms with Crippen LogP contribution in [-0.4, -0.2) is 77.8 Å². The number of ether oxygens (including phenoxy) is 2. The fourth-order valence-corrected chi connectivity index (χ4v) is 4.08. The predicted molar refractivity (Wildman–Crippen MR) is 112 cm³/mol. The molecular weight excluding hydrogens is 418 g/mol. The van der Waals surface area contributed by atoms with Crippen LogP contribution in [0.25, 0.3) is 10.8 Å². The number of carbonyl (C=O) groups excluding carboxylic acids is 3. The molecule has 0 spiro atoms. The summed E-state index contributed by atoms with van der Waals surface area (Å²) < 4.78 is 10.8. The van der Waals surface area contributed by atoms with Gasteiger partial charge >= 0.3 is 6.03 Å². The van der Waals surface area contributed by atoms with Crippen LogP contribution in [0.3, 0.4) is 0 Å². The lowest BCUT2D eigenvalue weighted by Crippen LogP contribution is -2.62. The molecule has 0 bridgehead atoms. The van der Waals surface area contributed by atoms with Crippen LogP contribution in [0, 0.1) is 5.92 Å². The molecule has 1 unspecified atom stereocenters. The molecule has 4 N–H and O–H groups in total. The van der Waals surface area contributed by atoms with Crippen LogP contribution in [0.5, 0.6) is 0 Å². The molecule has 5 atom stereocenters. The number of hydrogen-bond donors (Lipinski definition) is 4. The molecule has 4 amide bonds. The molecule has 2 aliphatic rings.